The summed E-state index contributed by atoms with van der Waals surface area (Å²) in [6, 6.07) is 3.38. The number of carboxylic acid groups (broad SMARTS) is 2. The second-order valence-corrected chi connectivity index (χ2v) is 14.8. The molecule has 1 saturated carbocycles. The Balaban J connectivity index is 0.000000458. The molecule has 1 amide bonds. The van der Waals surface area contributed by atoms with E-state index in [0.29, 0.717) is 30.0 Å². The van der Waals surface area contributed by atoms with E-state index in [2.05, 4.69) is 21.8 Å². The molecule has 0 unspecified atom stereocenters. The number of ether oxygens (including phenoxy) is 1. The van der Waals surface area contributed by atoms with E-state index < -0.39 is 34.3 Å². The third kappa shape index (κ3) is 12.6. The Labute approximate surface area is 302 Å². The predicted molar refractivity (Wildman–Crippen MR) is 175 cm³/mol. The maximum atomic E-state index is 13.8. The number of rotatable bonds is 9. The van der Waals surface area contributed by atoms with E-state index in [1.54, 1.807) is 33.1 Å². The molecular formula is C32H43F6N5O9S. The normalized spacial score (nSPS) is 17.8. The number of halogens is 6. The summed E-state index contributed by atoms with van der Waals surface area (Å²) in [5.74, 6) is -4.08. The van der Waals surface area contributed by atoms with Crippen LogP contribution in [0.2, 0.25) is 0 Å². The quantitative estimate of drug-likeness (QED) is 0.350. The number of hydrogen-bond acceptors (Lipinski definition) is 10. The van der Waals surface area contributed by atoms with Crippen LogP contribution in [0.25, 0.3) is 0 Å². The summed E-state index contributed by atoms with van der Waals surface area (Å²) in [5.41, 5.74) is 1.50. The number of carboxylic acids is 2. The Hall–Kier alpha value is -3.95. The number of benzene rings is 1. The van der Waals surface area contributed by atoms with Crippen molar-refractivity contribution in [3.05, 3.63) is 41.1 Å². The average molecular weight is 788 g/mol. The lowest BCUT2D eigenvalue weighted by Crippen LogP contribution is -2.50. The van der Waals surface area contributed by atoms with Crippen LogP contribution >= 0.6 is 0 Å². The first-order valence-corrected chi connectivity index (χ1v) is 17.9. The van der Waals surface area contributed by atoms with Crippen LogP contribution in [0.1, 0.15) is 53.2 Å². The van der Waals surface area contributed by atoms with Gasteiger partial charge in [0.25, 0.3) is 5.91 Å². The smallest absolute Gasteiger partial charge is 0.490 e. The van der Waals surface area contributed by atoms with Crippen molar-refractivity contribution in [3.63, 3.8) is 0 Å². The number of nitrogens with zero attached hydrogens (tertiary/aromatic N) is 5. The molecule has 1 aliphatic carbocycles. The minimum absolute atomic E-state index is 0.00442. The minimum atomic E-state index is -5.08. The minimum Gasteiger partial charge on any atom is -0.497 e. The van der Waals surface area contributed by atoms with E-state index in [4.69, 9.17) is 29.0 Å². The molecule has 0 radical (unpaired) electrons. The number of alkyl halides is 6. The first-order chi connectivity index (χ1) is 24.5. The number of aryl methyl sites for hydroxylation is 2. The highest BCUT2D eigenvalue weighted by Crippen LogP contribution is 2.36. The van der Waals surface area contributed by atoms with Gasteiger partial charge in [0.1, 0.15) is 12.0 Å². The predicted octanol–water partition coefficient (Wildman–Crippen LogP) is 4.02. The first-order valence-electron chi connectivity index (χ1n) is 16.5. The summed E-state index contributed by atoms with van der Waals surface area (Å²) in [7, 11) is -0.0533. The fourth-order valence-corrected chi connectivity index (χ4v) is 7.90. The van der Waals surface area contributed by atoms with Crippen LogP contribution in [-0.4, -0.2) is 139 Å². The summed E-state index contributed by atoms with van der Waals surface area (Å²) in [5, 5.41) is 14.2. The second kappa shape index (κ2) is 17.9. The molecule has 298 valence electrons. The standard InChI is InChI=1S/C28H41N5O5S.2C2HF3O2/c1-20-15-24(37-4)16-21(2)27(20)39(35,36)33(23-5-6-23)18-26-29-25(19-38-26)28(34)32-13-11-31(12-14-32)17-22-7-9-30(3)10-8-22;2*3-2(4,5)1(6)7/h15-16,19,22-23H,5-14,17-18H2,1-4H3;2*(H,6,7). The van der Waals surface area contributed by atoms with Crippen molar-refractivity contribution >= 4 is 27.9 Å². The number of aromatic nitrogens is 1. The number of carbonyl (C=O) groups is 3. The average Bonchev–Trinajstić information content (AvgIpc) is 3.79. The second-order valence-electron chi connectivity index (χ2n) is 12.9. The SMILES string of the molecule is COc1cc(C)c(S(=O)(=O)N(Cc2nc(C(=O)N3CCN(CC4CCN(C)CC4)CC3)co2)C2CC2)c(C)c1.O=C(O)C(F)(F)F.O=C(O)C(F)(F)F. The summed E-state index contributed by atoms with van der Waals surface area (Å²) in [6.45, 7) is 10.0. The van der Waals surface area contributed by atoms with Gasteiger partial charge < -0.3 is 29.2 Å². The zero-order chi connectivity index (χ0) is 39.9. The first kappa shape index (κ1) is 43.5. The van der Waals surface area contributed by atoms with Crippen LogP contribution in [0.5, 0.6) is 5.75 Å². The molecule has 21 heteroatoms. The molecule has 5 rings (SSSR count). The Kier molecular flexibility index (Phi) is 14.7. The van der Waals surface area contributed by atoms with Crippen molar-refractivity contribution in [1.29, 1.82) is 0 Å². The van der Waals surface area contributed by atoms with Crippen LogP contribution < -0.4 is 4.74 Å². The molecule has 2 aromatic rings. The molecule has 14 nitrogen and oxygen atoms in total. The van der Waals surface area contributed by atoms with Crippen molar-refractivity contribution in [1.82, 2.24) is 24.0 Å². The highest BCUT2D eigenvalue weighted by atomic mass is 32.2. The highest BCUT2D eigenvalue weighted by Gasteiger charge is 2.41. The van der Waals surface area contributed by atoms with E-state index in [1.165, 1.54) is 23.4 Å². The summed E-state index contributed by atoms with van der Waals surface area (Å²) < 4.78 is 103. The Morgan fingerprint density at radius 2 is 1.40 bits per heavy atom. The van der Waals surface area contributed by atoms with Gasteiger partial charge in [0.15, 0.2) is 5.69 Å². The summed E-state index contributed by atoms with van der Waals surface area (Å²) >= 11 is 0. The Morgan fingerprint density at radius 3 is 1.83 bits per heavy atom. The van der Waals surface area contributed by atoms with Crippen molar-refractivity contribution in [2.24, 2.45) is 5.92 Å². The topological polar surface area (TPSA) is 174 Å². The third-order valence-electron chi connectivity index (χ3n) is 8.75. The van der Waals surface area contributed by atoms with Crippen LogP contribution in [0.4, 0.5) is 26.3 Å². The summed E-state index contributed by atoms with van der Waals surface area (Å²) in [6.07, 6.45) is -4.74. The molecule has 1 aromatic heterocycles. The van der Waals surface area contributed by atoms with Gasteiger partial charge in [0.2, 0.25) is 15.9 Å². The lowest BCUT2D eigenvalue weighted by molar-refractivity contribution is -0.193. The van der Waals surface area contributed by atoms with Gasteiger partial charge in [-0.05, 0) is 88.8 Å². The number of likely N-dealkylation sites (tertiary alicyclic amines) is 1. The van der Waals surface area contributed by atoms with Crippen molar-refractivity contribution in [2.45, 2.75) is 69.4 Å². The maximum Gasteiger partial charge on any atom is 0.490 e. The van der Waals surface area contributed by atoms with E-state index in [-0.39, 0.29) is 35.0 Å². The van der Waals surface area contributed by atoms with E-state index in [1.807, 2.05) is 4.90 Å². The molecule has 1 aromatic carbocycles. The van der Waals surface area contributed by atoms with Crippen LogP contribution in [-0.2, 0) is 26.2 Å². The number of methoxy groups -OCH3 is 1. The zero-order valence-electron chi connectivity index (χ0n) is 29.5. The molecule has 53 heavy (non-hydrogen) atoms. The molecule has 3 fully saturated rings. The van der Waals surface area contributed by atoms with Gasteiger partial charge in [0, 0.05) is 38.8 Å². The van der Waals surface area contributed by atoms with E-state index in [0.717, 1.165) is 51.5 Å². The number of carbonyl (C=O) groups excluding carboxylic acids is 1. The van der Waals surface area contributed by atoms with Crippen molar-refractivity contribution in [3.8, 4) is 5.75 Å². The van der Waals surface area contributed by atoms with Gasteiger partial charge in [0.05, 0.1) is 18.6 Å². The fourth-order valence-electron chi connectivity index (χ4n) is 5.85. The fraction of sp³-hybridized carbons (Fsp3) is 0.625. The number of oxazole rings is 1. The molecule has 0 spiro atoms. The molecule has 2 aliphatic heterocycles. The van der Waals surface area contributed by atoms with Gasteiger partial charge in [-0.15, -0.1) is 0 Å². The lowest BCUT2D eigenvalue weighted by Gasteiger charge is -2.38. The molecule has 2 saturated heterocycles. The number of hydrogen-bond donors (Lipinski definition) is 2. The molecule has 3 heterocycles. The largest absolute Gasteiger partial charge is 0.497 e. The van der Waals surface area contributed by atoms with Crippen LogP contribution in [0, 0.1) is 19.8 Å². The number of aliphatic carboxylic acids is 2. The molecule has 2 N–H and O–H groups in total. The van der Waals surface area contributed by atoms with Gasteiger partial charge in [-0.1, -0.05) is 0 Å². The van der Waals surface area contributed by atoms with E-state index in [9.17, 15) is 39.6 Å². The Morgan fingerprint density at radius 1 is 0.906 bits per heavy atom. The van der Waals surface area contributed by atoms with Gasteiger partial charge in [-0.25, -0.2) is 23.0 Å². The monoisotopic (exact) mass is 787 g/mol. The maximum absolute atomic E-state index is 13.8. The lowest BCUT2D eigenvalue weighted by atomic mass is 9.96. The number of sulfonamides is 1. The molecule has 0 bridgehead atoms. The Bertz CT molecular complexity index is 1640. The van der Waals surface area contributed by atoms with Crippen LogP contribution in [0.15, 0.2) is 27.7 Å². The third-order valence-corrected chi connectivity index (χ3v) is 11.0. The van der Waals surface area contributed by atoms with Crippen LogP contribution in [0.3, 0.4) is 0 Å². The van der Waals surface area contributed by atoms with E-state index >= 15 is 0 Å². The van der Waals surface area contributed by atoms with Crippen molar-refractivity contribution in [2.75, 3.05) is 60.0 Å². The molecule has 0 atom stereocenters. The highest BCUT2D eigenvalue weighted by molar-refractivity contribution is 7.89. The molecule has 3 aliphatic rings. The molecular weight excluding hydrogens is 744 g/mol. The van der Waals surface area contributed by atoms with Gasteiger partial charge >= 0.3 is 24.3 Å². The summed E-state index contributed by atoms with van der Waals surface area (Å²) in [4.78, 5) is 42.4. The zero-order valence-corrected chi connectivity index (χ0v) is 30.4. The number of piperidine rings is 1. The van der Waals surface area contributed by atoms with Gasteiger partial charge in [-0.3, -0.25) is 9.69 Å². The van der Waals surface area contributed by atoms with Gasteiger partial charge in [-0.2, -0.15) is 30.6 Å². The number of amides is 1. The van der Waals surface area contributed by atoms with Crippen molar-refractivity contribution < 1.29 is 68.5 Å². The number of piperazine rings is 1.